The molecule has 78 valence electrons. The zero-order chi connectivity index (χ0) is 10.8. The fourth-order valence-corrected chi connectivity index (χ4v) is 1.17. The molecule has 0 spiro atoms. The van der Waals surface area contributed by atoms with Gasteiger partial charge in [0.15, 0.2) is 0 Å². The van der Waals surface area contributed by atoms with Gasteiger partial charge < -0.3 is 10.0 Å². The third-order valence-electron chi connectivity index (χ3n) is 1.85. The van der Waals surface area contributed by atoms with Crippen molar-refractivity contribution in [2.45, 2.75) is 12.3 Å². The minimum absolute atomic E-state index is 0.0320. The molecule has 1 aliphatic heterocycles. The molecule has 4 nitrogen and oxygen atoms in total. The molecule has 0 radical (unpaired) electrons. The van der Waals surface area contributed by atoms with E-state index in [0.717, 1.165) is 11.0 Å². The average molecular weight is 205 g/mol. The van der Waals surface area contributed by atoms with Crippen molar-refractivity contribution in [2.24, 2.45) is 0 Å². The number of likely N-dealkylation sites (tertiary alicyclic amines) is 1. The van der Waals surface area contributed by atoms with Crippen LogP contribution in [0.4, 0.5) is 8.78 Å². The number of carboxylic acid groups (broad SMARTS) is 1. The van der Waals surface area contributed by atoms with Crippen LogP contribution in [0.15, 0.2) is 12.2 Å². The van der Waals surface area contributed by atoms with Gasteiger partial charge in [0, 0.05) is 25.1 Å². The molecular formula is C8H9F2NO3. The van der Waals surface area contributed by atoms with E-state index >= 15 is 0 Å². The lowest BCUT2D eigenvalue weighted by Crippen LogP contribution is -2.30. The van der Waals surface area contributed by atoms with Crippen LogP contribution < -0.4 is 0 Å². The third kappa shape index (κ3) is 2.79. The normalized spacial score (nSPS) is 20.3. The van der Waals surface area contributed by atoms with Gasteiger partial charge in [-0.15, -0.1) is 0 Å². The lowest BCUT2D eigenvalue weighted by atomic mass is 10.3. The highest BCUT2D eigenvalue weighted by Gasteiger charge is 2.39. The van der Waals surface area contributed by atoms with Gasteiger partial charge in [-0.25, -0.2) is 13.6 Å². The number of alkyl halides is 2. The van der Waals surface area contributed by atoms with Crippen molar-refractivity contribution in [3.63, 3.8) is 0 Å². The molecule has 1 N–H and O–H groups in total. The summed E-state index contributed by atoms with van der Waals surface area (Å²) in [6.45, 7) is -0.661. The maximum absolute atomic E-state index is 12.6. The Kier molecular flexibility index (Phi) is 2.83. The lowest BCUT2D eigenvalue weighted by molar-refractivity contribution is -0.132. The molecule has 0 bridgehead atoms. The van der Waals surface area contributed by atoms with Crippen LogP contribution in [0, 0.1) is 0 Å². The number of aliphatic carboxylic acids is 1. The summed E-state index contributed by atoms with van der Waals surface area (Å²) in [6, 6.07) is 0. The summed E-state index contributed by atoms with van der Waals surface area (Å²) < 4.78 is 25.2. The smallest absolute Gasteiger partial charge is 0.328 e. The third-order valence-corrected chi connectivity index (χ3v) is 1.85. The highest BCUT2D eigenvalue weighted by molar-refractivity contribution is 5.94. The second kappa shape index (κ2) is 3.73. The van der Waals surface area contributed by atoms with Crippen molar-refractivity contribution in [1.29, 1.82) is 0 Å². The van der Waals surface area contributed by atoms with Crippen LogP contribution in [0.1, 0.15) is 6.42 Å². The Morgan fingerprint density at radius 2 is 2.00 bits per heavy atom. The Labute approximate surface area is 78.8 Å². The maximum atomic E-state index is 12.6. The van der Waals surface area contributed by atoms with E-state index < -0.39 is 24.3 Å². The number of carbonyl (C=O) groups is 2. The predicted molar refractivity (Wildman–Crippen MR) is 42.9 cm³/mol. The van der Waals surface area contributed by atoms with Crippen LogP contribution in [-0.4, -0.2) is 40.9 Å². The van der Waals surface area contributed by atoms with Crippen LogP contribution in [0.3, 0.4) is 0 Å². The summed E-state index contributed by atoms with van der Waals surface area (Å²) >= 11 is 0. The van der Waals surface area contributed by atoms with E-state index in [9.17, 15) is 18.4 Å². The minimum Gasteiger partial charge on any atom is -0.478 e. The van der Waals surface area contributed by atoms with E-state index in [1.807, 2.05) is 0 Å². The van der Waals surface area contributed by atoms with Crippen LogP contribution in [-0.2, 0) is 9.59 Å². The Hall–Kier alpha value is -1.46. The second-order valence-electron chi connectivity index (χ2n) is 3.04. The largest absolute Gasteiger partial charge is 0.478 e. The lowest BCUT2D eigenvalue weighted by Gasteiger charge is -2.12. The van der Waals surface area contributed by atoms with Gasteiger partial charge >= 0.3 is 5.97 Å². The van der Waals surface area contributed by atoms with Gasteiger partial charge in [0.25, 0.3) is 5.92 Å². The van der Waals surface area contributed by atoms with Crippen molar-refractivity contribution >= 4 is 11.9 Å². The van der Waals surface area contributed by atoms with Gasteiger partial charge in [-0.3, -0.25) is 4.79 Å². The zero-order valence-electron chi connectivity index (χ0n) is 7.24. The molecule has 14 heavy (non-hydrogen) atoms. The summed E-state index contributed by atoms with van der Waals surface area (Å²) in [7, 11) is 0. The van der Waals surface area contributed by atoms with Crippen molar-refractivity contribution < 1.29 is 23.5 Å². The molecule has 0 aromatic heterocycles. The number of halogens is 2. The molecule has 1 fully saturated rings. The molecule has 0 aliphatic carbocycles. The fourth-order valence-electron chi connectivity index (χ4n) is 1.17. The van der Waals surface area contributed by atoms with Gasteiger partial charge in [0.05, 0.1) is 6.54 Å². The first-order chi connectivity index (χ1) is 6.41. The number of hydrogen-bond donors (Lipinski definition) is 1. The van der Waals surface area contributed by atoms with E-state index in [0.29, 0.717) is 6.08 Å². The van der Waals surface area contributed by atoms with E-state index in [2.05, 4.69) is 0 Å². The van der Waals surface area contributed by atoms with Crippen LogP contribution in [0.2, 0.25) is 0 Å². The SMILES string of the molecule is O=C(O)/C=C/C(=O)N1CCC(F)(F)C1. The number of rotatable bonds is 2. The van der Waals surface area contributed by atoms with E-state index in [-0.39, 0.29) is 13.0 Å². The first-order valence-corrected chi connectivity index (χ1v) is 3.98. The zero-order valence-corrected chi connectivity index (χ0v) is 7.24. The molecule has 1 rings (SSSR count). The molecule has 0 saturated carbocycles. The standard InChI is InChI=1S/C8H9F2NO3/c9-8(10)3-4-11(5-8)6(12)1-2-7(13)14/h1-2H,3-5H2,(H,13,14)/b2-1+. The maximum Gasteiger partial charge on any atom is 0.328 e. The Bertz CT molecular complexity index is 288. The monoisotopic (exact) mass is 205 g/mol. The second-order valence-corrected chi connectivity index (χ2v) is 3.04. The molecule has 1 aliphatic rings. The van der Waals surface area contributed by atoms with Gasteiger partial charge in [-0.2, -0.15) is 0 Å². The van der Waals surface area contributed by atoms with E-state index in [1.54, 1.807) is 0 Å². The molecule has 0 atom stereocenters. The summed E-state index contributed by atoms with van der Waals surface area (Å²) in [5.41, 5.74) is 0. The molecule has 1 heterocycles. The number of amides is 1. The Morgan fingerprint density at radius 3 is 2.43 bits per heavy atom. The van der Waals surface area contributed by atoms with Gasteiger partial charge in [-0.05, 0) is 0 Å². The molecule has 0 aromatic carbocycles. The predicted octanol–water partition coefficient (Wildman–Crippen LogP) is 0.495. The van der Waals surface area contributed by atoms with Gasteiger partial charge in [-0.1, -0.05) is 0 Å². The van der Waals surface area contributed by atoms with Crippen LogP contribution >= 0.6 is 0 Å². The van der Waals surface area contributed by atoms with Crippen LogP contribution in [0.25, 0.3) is 0 Å². The minimum atomic E-state index is -2.84. The topological polar surface area (TPSA) is 57.6 Å². The van der Waals surface area contributed by atoms with Crippen molar-refractivity contribution in [3.8, 4) is 0 Å². The Morgan fingerprint density at radius 1 is 1.36 bits per heavy atom. The van der Waals surface area contributed by atoms with E-state index in [1.165, 1.54) is 0 Å². The first-order valence-electron chi connectivity index (χ1n) is 3.98. The first kappa shape index (κ1) is 10.6. The quantitative estimate of drug-likeness (QED) is 0.667. The summed E-state index contributed by atoms with van der Waals surface area (Å²) in [6.07, 6.45) is 1.06. The van der Waals surface area contributed by atoms with Crippen molar-refractivity contribution in [3.05, 3.63) is 12.2 Å². The molecule has 1 amide bonds. The van der Waals surface area contributed by atoms with Gasteiger partial charge in [0.2, 0.25) is 5.91 Å². The molecule has 0 aromatic rings. The number of carbonyl (C=O) groups excluding carboxylic acids is 1. The van der Waals surface area contributed by atoms with Crippen molar-refractivity contribution in [2.75, 3.05) is 13.1 Å². The number of carboxylic acids is 1. The average Bonchev–Trinajstić information content (AvgIpc) is 2.41. The Balaban J connectivity index is 2.52. The molecule has 0 unspecified atom stereocenters. The van der Waals surface area contributed by atoms with E-state index in [4.69, 9.17) is 5.11 Å². The van der Waals surface area contributed by atoms with Gasteiger partial charge in [0.1, 0.15) is 0 Å². The van der Waals surface area contributed by atoms with Crippen LogP contribution in [0.5, 0.6) is 0 Å². The highest BCUT2D eigenvalue weighted by atomic mass is 19.3. The molecule has 6 heteroatoms. The molecule has 1 saturated heterocycles. The highest BCUT2D eigenvalue weighted by Crippen LogP contribution is 2.26. The summed E-state index contributed by atoms with van der Waals surface area (Å²) in [5.74, 6) is -4.80. The summed E-state index contributed by atoms with van der Waals surface area (Å²) in [5, 5.41) is 8.20. The molecular weight excluding hydrogens is 196 g/mol. The number of hydrogen-bond acceptors (Lipinski definition) is 2. The van der Waals surface area contributed by atoms with Crippen molar-refractivity contribution in [1.82, 2.24) is 4.90 Å². The number of nitrogens with zero attached hydrogens (tertiary/aromatic N) is 1. The fraction of sp³-hybridized carbons (Fsp3) is 0.500. The summed E-state index contributed by atoms with van der Waals surface area (Å²) in [4.78, 5) is 22.1.